The van der Waals surface area contributed by atoms with E-state index in [4.69, 9.17) is 4.74 Å². The number of benzene rings is 2. The summed E-state index contributed by atoms with van der Waals surface area (Å²) >= 11 is 0. The molecule has 0 radical (unpaired) electrons. The van der Waals surface area contributed by atoms with E-state index in [2.05, 4.69) is 24.0 Å². The lowest BCUT2D eigenvalue weighted by atomic mass is 10.0. The van der Waals surface area contributed by atoms with Crippen molar-refractivity contribution in [1.82, 2.24) is 4.90 Å². The average Bonchev–Trinajstić information content (AvgIpc) is 3.57. The lowest BCUT2D eigenvalue weighted by Gasteiger charge is -2.31. The van der Waals surface area contributed by atoms with Crippen molar-refractivity contribution in [2.75, 3.05) is 25.1 Å². The molecule has 0 unspecified atom stereocenters. The Kier molecular flexibility index (Phi) is 8.47. The van der Waals surface area contributed by atoms with E-state index in [1.807, 2.05) is 0 Å². The van der Waals surface area contributed by atoms with E-state index in [-0.39, 0.29) is 18.7 Å². The van der Waals surface area contributed by atoms with Crippen LogP contribution in [0.1, 0.15) is 66.8 Å². The van der Waals surface area contributed by atoms with Gasteiger partial charge in [-0.1, -0.05) is 18.9 Å². The number of nitrogens with zero attached hydrogens (tertiary/aromatic N) is 3. The number of halogens is 3. The maximum absolute atomic E-state index is 13.5. The van der Waals surface area contributed by atoms with Crippen molar-refractivity contribution in [2.45, 2.75) is 71.1 Å². The molecule has 0 bridgehead atoms. The lowest BCUT2D eigenvalue weighted by molar-refractivity contribution is -0.385. The molecule has 2 aromatic rings. The van der Waals surface area contributed by atoms with Gasteiger partial charge in [0.15, 0.2) is 0 Å². The van der Waals surface area contributed by atoms with Crippen LogP contribution in [0.3, 0.4) is 0 Å². The minimum atomic E-state index is -4.76. The number of fused-ring (bicyclic) bond motifs is 1. The van der Waals surface area contributed by atoms with Crippen LogP contribution < -0.4 is 4.90 Å². The average molecular weight is 534 g/mol. The third-order valence-electron chi connectivity index (χ3n) is 7.65. The number of rotatable bonds is 9. The Morgan fingerprint density at radius 2 is 1.74 bits per heavy atom. The van der Waals surface area contributed by atoms with Gasteiger partial charge in [-0.3, -0.25) is 15.0 Å². The van der Waals surface area contributed by atoms with Gasteiger partial charge in [0.2, 0.25) is 0 Å². The SMILES string of the molecule is CCN(CC1CCCC1)c1cc2c(cc1CN(Cc1cc([N+](=O)[O-])cc(C(F)(F)F)c1)C(=O)OC)CCC2. The van der Waals surface area contributed by atoms with E-state index < -0.39 is 28.4 Å². The molecule has 2 aliphatic rings. The number of ether oxygens (including phenoxy) is 1. The fourth-order valence-electron chi connectivity index (χ4n) is 5.76. The van der Waals surface area contributed by atoms with Crippen LogP contribution in [0.25, 0.3) is 0 Å². The molecule has 1 amide bonds. The number of nitro groups is 1. The molecule has 1 saturated carbocycles. The fraction of sp³-hybridized carbons (Fsp3) is 0.536. The molecule has 38 heavy (non-hydrogen) atoms. The summed E-state index contributed by atoms with van der Waals surface area (Å²) in [7, 11) is 1.21. The van der Waals surface area contributed by atoms with Crippen molar-refractivity contribution >= 4 is 17.5 Å². The molecule has 0 spiro atoms. The lowest BCUT2D eigenvalue weighted by Crippen LogP contribution is -2.33. The monoisotopic (exact) mass is 533 g/mol. The summed E-state index contributed by atoms with van der Waals surface area (Å²) in [5.74, 6) is 0.610. The van der Waals surface area contributed by atoms with Crippen molar-refractivity contribution in [1.29, 1.82) is 0 Å². The number of aryl methyl sites for hydroxylation is 2. The molecule has 0 aromatic heterocycles. The number of methoxy groups -OCH3 is 1. The maximum atomic E-state index is 13.5. The van der Waals surface area contributed by atoms with E-state index in [0.717, 1.165) is 55.7 Å². The molecule has 206 valence electrons. The fourth-order valence-corrected chi connectivity index (χ4v) is 5.76. The first-order valence-corrected chi connectivity index (χ1v) is 13.2. The second-order valence-corrected chi connectivity index (χ2v) is 10.3. The van der Waals surface area contributed by atoms with Gasteiger partial charge < -0.3 is 9.64 Å². The Bertz CT molecular complexity index is 1180. The predicted molar refractivity (Wildman–Crippen MR) is 138 cm³/mol. The minimum Gasteiger partial charge on any atom is -0.453 e. The van der Waals surface area contributed by atoms with Gasteiger partial charge in [0.1, 0.15) is 0 Å². The van der Waals surface area contributed by atoms with Gasteiger partial charge in [0, 0.05) is 37.5 Å². The molecule has 10 heteroatoms. The summed E-state index contributed by atoms with van der Waals surface area (Å²) < 4.78 is 45.4. The Morgan fingerprint density at radius 3 is 2.34 bits per heavy atom. The van der Waals surface area contributed by atoms with E-state index in [0.29, 0.717) is 12.0 Å². The smallest absolute Gasteiger partial charge is 0.416 e. The van der Waals surface area contributed by atoms with Crippen LogP contribution >= 0.6 is 0 Å². The van der Waals surface area contributed by atoms with Gasteiger partial charge in [-0.25, -0.2) is 4.79 Å². The van der Waals surface area contributed by atoms with Gasteiger partial charge >= 0.3 is 12.3 Å². The molecule has 2 aromatic carbocycles. The number of hydrogen-bond acceptors (Lipinski definition) is 5. The number of amides is 1. The predicted octanol–water partition coefficient (Wildman–Crippen LogP) is 6.89. The molecule has 0 aliphatic heterocycles. The third-order valence-corrected chi connectivity index (χ3v) is 7.65. The van der Waals surface area contributed by atoms with Crippen LogP contribution in [0.2, 0.25) is 0 Å². The van der Waals surface area contributed by atoms with Gasteiger partial charge in [0.25, 0.3) is 5.69 Å². The van der Waals surface area contributed by atoms with E-state index in [1.165, 1.54) is 48.8 Å². The van der Waals surface area contributed by atoms with Crippen LogP contribution in [0.15, 0.2) is 30.3 Å². The first-order valence-electron chi connectivity index (χ1n) is 13.2. The van der Waals surface area contributed by atoms with Crippen molar-refractivity contribution in [3.05, 3.63) is 68.3 Å². The van der Waals surface area contributed by atoms with Crippen LogP contribution in [0.4, 0.5) is 29.3 Å². The summed E-state index contributed by atoms with van der Waals surface area (Å²) in [6.07, 6.45) is 2.38. The maximum Gasteiger partial charge on any atom is 0.416 e. The first kappa shape index (κ1) is 27.7. The topological polar surface area (TPSA) is 75.9 Å². The van der Waals surface area contributed by atoms with Crippen molar-refractivity contribution in [2.24, 2.45) is 5.92 Å². The van der Waals surface area contributed by atoms with Gasteiger partial charge in [-0.05, 0) is 79.3 Å². The van der Waals surface area contributed by atoms with Crippen LogP contribution in [-0.4, -0.2) is 36.1 Å². The molecule has 2 aliphatic carbocycles. The zero-order chi connectivity index (χ0) is 27.4. The highest BCUT2D eigenvalue weighted by Crippen LogP contribution is 2.36. The zero-order valence-corrected chi connectivity index (χ0v) is 21.9. The number of non-ortho nitro benzene ring substituents is 1. The molecule has 0 N–H and O–H groups in total. The second kappa shape index (κ2) is 11.6. The highest BCUT2D eigenvalue weighted by molar-refractivity contribution is 5.69. The molecular formula is C28H34F3N3O4. The van der Waals surface area contributed by atoms with Crippen molar-refractivity contribution < 1.29 is 27.6 Å². The summed E-state index contributed by atoms with van der Waals surface area (Å²) in [6, 6.07) is 6.76. The largest absolute Gasteiger partial charge is 0.453 e. The Morgan fingerprint density at radius 1 is 1.05 bits per heavy atom. The number of alkyl halides is 3. The number of hydrogen-bond donors (Lipinski definition) is 0. The first-order chi connectivity index (χ1) is 18.1. The van der Waals surface area contributed by atoms with Crippen LogP contribution in [0, 0.1) is 16.0 Å². The Hall–Kier alpha value is -3.30. The summed E-state index contributed by atoms with van der Waals surface area (Å²) in [5, 5.41) is 11.3. The van der Waals surface area contributed by atoms with Crippen molar-refractivity contribution in [3.8, 4) is 0 Å². The standard InChI is InChI=1S/C28H34F3N3O4/c1-3-32(16-19-7-4-5-8-19)26-14-22-10-6-9-21(22)13-23(26)18-33(27(35)38-2)17-20-11-24(28(29,30)31)15-25(12-20)34(36)37/h11-15,19H,3-10,16-18H2,1-2H3. The molecule has 1 fully saturated rings. The molecule has 7 nitrogen and oxygen atoms in total. The van der Waals surface area contributed by atoms with Gasteiger partial charge in [0.05, 0.1) is 24.1 Å². The highest BCUT2D eigenvalue weighted by Gasteiger charge is 2.33. The summed E-state index contributed by atoms with van der Waals surface area (Å²) in [4.78, 5) is 26.9. The molecule has 0 heterocycles. The molecule has 0 saturated heterocycles. The van der Waals surface area contributed by atoms with Crippen LogP contribution in [0.5, 0.6) is 0 Å². The van der Waals surface area contributed by atoms with E-state index >= 15 is 0 Å². The van der Waals surface area contributed by atoms with E-state index in [1.54, 1.807) is 0 Å². The normalized spacial score (nSPS) is 15.4. The quantitative estimate of drug-likeness (QED) is 0.259. The number of nitro benzene ring substituents is 1. The summed E-state index contributed by atoms with van der Waals surface area (Å²) in [5.41, 5.74) is 2.66. The second-order valence-electron chi connectivity index (χ2n) is 10.3. The van der Waals surface area contributed by atoms with Crippen molar-refractivity contribution in [3.63, 3.8) is 0 Å². The number of carbonyl (C=O) groups excluding carboxylic acids is 1. The Balaban J connectivity index is 1.69. The van der Waals surface area contributed by atoms with Gasteiger partial charge in [-0.15, -0.1) is 0 Å². The molecule has 4 rings (SSSR count). The number of carbonyl (C=O) groups is 1. The Labute approximate surface area is 220 Å². The number of anilines is 1. The molecular weight excluding hydrogens is 499 g/mol. The summed E-state index contributed by atoms with van der Waals surface area (Å²) in [6.45, 7) is 3.66. The van der Waals surface area contributed by atoms with Gasteiger partial charge in [-0.2, -0.15) is 13.2 Å². The minimum absolute atomic E-state index is 0.0120. The third kappa shape index (κ3) is 6.39. The molecule has 0 atom stereocenters. The highest BCUT2D eigenvalue weighted by atomic mass is 19.4. The zero-order valence-electron chi connectivity index (χ0n) is 21.9. The van der Waals surface area contributed by atoms with Crippen LogP contribution in [-0.2, 0) is 36.8 Å². The van der Waals surface area contributed by atoms with E-state index in [9.17, 15) is 28.1 Å².